The minimum absolute atomic E-state index is 0.266. The zero-order valence-corrected chi connectivity index (χ0v) is 14.3. The third-order valence-corrected chi connectivity index (χ3v) is 4.29. The van der Waals surface area contributed by atoms with E-state index in [0.29, 0.717) is 0 Å². The van der Waals surface area contributed by atoms with E-state index < -0.39 is 0 Å². The Labute approximate surface area is 132 Å². The maximum Gasteiger partial charge on any atom is 0.0674 e. The van der Waals surface area contributed by atoms with Crippen molar-refractivity contribution in [3.8, 4) is 11.1 Å². The Morgan fingerprint density at radius 1 is 1.33 bits per heavy atom. The highest BCUT2D eigenvalue weighted by molar-refractivity contribution is 6.31. The molecule has 0 radical (unpaired) electrons. The van der Waals surface area contributed by atoms with Gasteiger partial charge in [-0.3, -0.25) is 4.68 Å². The van der Waals surface area contributed by atoms with Gasteiger partial charge in [0.15, 0.2) is 0 Å². The van der Waals surface area contributed by atoms with Crippen molar-refractivity contribution in [2.24, 2.45) is 7.05 Å². The van der Waals surface area contributed by atoms with Crippen molar-refractivity contribution in [1.82, 2.24) is 15.1 Å². The van der Waals surface area contributed by atoms with Crippen LogP contribution in [0.2, 0.25) is 5.02 Å². The molecule has 0 saturated carbocycles. The summed E-state index contributed by atoms with van der Waals surface area (Å²) in [6.45, 7) is 9.44. The third kappa shape index (κ3) is 3.30. The van der Waals surface area contributed by atoms with Crippen LogP contribution < -0.4 is 5.32 Å². The lowest BCUT2D eigenvalue weighted by Gasteiger charge is -2.16. The molecule has 2 rings (SSSR count). The molecule has 0 saturated heterocycles. The van der Waals surface area contributed by atoms with Gasteiger partial charge in [-0.15, -0.1) is 0 Å². The van der Waals surface area contributed by atoms with Gasteiger partial charge in [0.25, 0.3) is 0 Å². The van der Waals surface area contributed by atoms with Gasteiger partial charge in [0.2, 0.25) is 0 Å². The Bertz CT molecular complexity index is 631. The number of nitrogens with one attached hydrogen (secondary N) is 1. The molecule has 1 heterocycles. The van der Waals surface area contributed by atoms with E-state index in [9.17, 15) is 0 Å². The van der Waals surface area contributed by atoms with E-state index >= 15 is 0 Å². The summed E-state index contributed by atoms with van der Waals surface area (Å²) in [6.07, 6.45) is 1.12. The Morgan fingerprint density at radius 3 is 2.57 bits per heavy atom. The highest BCUT2D eigenvalue weighted by atomic mass is 35.5. The lowest BCUT2D eigenvalue weighted by molar-refractivity contribution is 0.571. The van der Waals surface area contributed by atoms with Crippen molar-refractivity contribution in [3.63, 3.8) is 0 Å². The van der Waals surface area contributed by atoms with Crippen molar-refractivity contribution in [1.29, 1.82) is 0 Å². The second-order valence-electron chi connectivity index (χ2n) is 5.58. The highest BCUT2D eigenvalue weighted by Crippen LogP contribution is 2.32. The van der Waals surface area contributed by atoms with E-state index in [-0.39, 0.29) is 6.04 Å². The van der Waals surface area contributed by atoms with Crippen LogP contribution in [-0.4, -0.2) is 16.3 Å². The van der Waals surface area contributed by atoms with Crippen LogP contribution in [0.5, 0.6) is 0 Å². The quantitative estimate of drug-likeness (QED) is 0.886. The Kier molecular flexibility index (Phi) is 5.07. The first-order valence-corrected chi connectivity index (χ1v) is 7.86. The highest BCUT2D eigenvalue weighted by Gasteiger charge is 2.14. The molecule has 0 bridgehead atoms. The van der Waals surface area contributed by atoms with Gasteiger partial charge in [0.1, 0.15) is 0 Å². The van der Waals surface area contributed by atoms with Crippen molar-refractivity contribution in [3.05, 3.63) is 40.2 Å². The molecule has 114 valence electrons. The standard InChI is InChI=1S/C17H24ClN3/c1-6-9-19-11(2)15-8-7-14(10-16(15)18)17-12(3)20-21(5)13(17)4/h7-8,10-11,19H,6,9H2,1-5H3. The molecule has 21 heavy (non-hydrogen) atoms. The number of halogens is 1. The smallest absolute Gasteiger partial charge is 0.0674 e. The predicted octanol–water partition coefficient (Wildman–Crippen LogP) is 4.42. The number of nitrogens with zero attached hydrogens (tertiary/aromatic N) is 2. The number of hydrogen-bond acceptors (Lipinski definition) is 2. The summed E-state index contributed by atoms with van der Waals surface area (Å²) in [5, 5.41) is 8.76. The van der Waals surface area contributed by atoms with E-state index in [1.165, 1.54) is 5.56 Å². The molecule has 0 aliphatic rings. The minimum Gasteiger partial charge on any atom is -0.310 e. The number of hydrogen-bond donors (Lipinski definition) is 1. The van der Waals surface area contributed by atoms with Crippen LogP contribution in [0.4, 0.5) is 0 Å². The fourth-order valence-electron chi connectivity index (χ4n) is 2.70. The van der Waals surface area contributed by atoms with E-state index in [0.717, 1.165) is 40.5 Å². The molecule has 0 fully saturated rings. The zero-order valence-electron chi connectivity index (χ0n) is 13.5. The topological polar surface area (TPSA) is 29.9 Å². The predicted molar refractivity (Wildman–Crippen MR) is 89.8 cm³/mol. The molecular formula is C17H24ClN3. The number of aryl methyl sites for hydroxylation is 2. The molecule has 0 spiro atoms. The normalized spacial score (nSPS) is 12.7. The molecule has 1 aromatic carbocycles. The van der Waals surface area contributed by atoms with Gasteiger partial charge >= 0.3 is 0 Å². The van der Waals surface area contributed by atoms with Crippen molar-refractivity contribution >= 4 is 11.6 Å². The molecule has 4 heteroatoms. The van der Waals surface area contributed by atoms with Crippen LogP contribution in [0.1, 0.15) is 43.3 Å². The van der Waals surface area contributed by atoms with E-state index in [1.807, 2.05) is 18.7 Å². The van der Waals surface area contributed by atoms with Crippen molar-refractivity contribution in [2.75, 3.05) is 6.54 Å². The lowest BCUT2D eigenvalue weighted by Crippen LogP contribution is -2.19. The minimum atomic E-state index is 0.266. The first-order chi connectivity index (χ1) is 9.95. The fourth-order valence-corrected chi connectivity index (χ4v) is 3.04. The number of benzene rings is 1. The fraction of sp³-hybridized carbons (Fsp3) is 0.471. The van der Waals surface area contributed by atoms with Gasteiger partial charge in [-0.2, -0.15) is 5.10 Å². The SMILES string of the molecule is CCCNC(C)c1ccc(-c2c(C)nn(C)c2C)cc1Cl. The van der Waals surface area contributed by atoms with Gasteiger partial charge in [0.05, 0.1) is 5.69 Å². The molecule has 3 nitrogen and oxygen atoms in total. The van der Waals surface area contributed by atoms with Gasteiger partial charge < -0.3 is 5.32 Å². The van der Waals surface area contributed by atoms with Crippen LogP contribution >= 0.6 is 11.6 Å². The van der Waals surface area contributed by atoms with Gasteiger partial charge in [-0.05, 0) is 50.9 Å². The third-order valence-electron chi connectivity index (χ3n) is 3.97. The van der Waals surface area contributed by atoms with Crippen LogP contribution in [-0.2, 0) is 7.05 Å². The summed E-state index contributed by atoms with van der Waals surface area (Å²) in [6, 6.07) is 6.58. The summed E-state index contributed by atoms with van der Waals surface area (Å²) in [5.41, 5.74) is 5.66. The molecule has 0 amide bonds. The maximum absolute atomic E-state index is 6.50. The first-order valence-electron chi connectivity index (χ1n) is 7.49. The van der Waals surface area contributed by atoms with Crippen LogP contribution in [0.25, 0.3) is 11.1 Å². The molecule has 1 aromatic heterocycles. The Hall–Kier alpha value is -1.32. The summed E-state index contributed by atoms with van der Waals surface area (Å²) in [5.74, 6) is 0. The van der Waals surface area contributed by atoms with Gasteiger partial charge in [-0.1, -0.05) is 30.7 Å². The van der Waals surface area contributed by atoms with Gasteiger partial charge in [0, 0.05) is 29.4 Å². The average molecular weight is 306 g/mol. The second kappa shape index (κ2) is 6.63. The second-order valence-corrected chi connectivity index (χ2v) is 5.99. The number of aromatic nitrogens is 2. The molecule has 1 atom stereocenters. The molecular weight excluding hydrogens is 282 g/mol. The summed E-state index contributed by atoms with van der Waals surface area (Å²) >= 11 is 6.50. The molecule has 1 N–H and O–H groups in total. The summed E-state index contributed by atoms with van der Waals surface area (Å²) in [4.78, 5) is 0. The summed E-state index contributed by atoms with van der Waals surface area (Å²) in [7, 11) is 1.97. The number of rotatable bonds is 5. The molecule has 0 aliphatic carbocycles. The van der Waals surface area contributed by atoms with Crippen LogP contribution in [0.15, 0.2) is 18.2 Å². The zero-order chi connectivity index (χ0) is 15.6. The Morgan fingerprint density at radius 2 is 2.05 bits per heavy atom. The monoisotopic (exact) mass is 305 g/mol. The first kappa shape index (κ1) is 16.1. The van der Waals surface area contributed by atoms with Crippen LogP contribution in [0.3, 0.4) is 0 Å². The molecule has 2 aromatic rings. The molecule has 1 unspecified atom stereocenters. The van der Waals surface area contributed by atoms with Crippen LogP contribution in [0, 0.1) is 13.8 Å². The van der Waals surface area contributed by atoms with E-state index in [4.69, 9.17) is 11.6 Å². The van der Waals surface area contributed by atoms with E-state index in [2.05, 4.69) is 49.4 Å². The lowest BCUT2D eigenvalue weighted by atomic mass is 10.00. The summed E-state index contributed by atoms with van der Waals surface area (Å²) < 4.78 is 1.91. The van der Waals surface area contributed by atoms with Gasteiger partial charge in [-0.25, -0.2) is 0 Å². The average Bonchev–Trinajstić information content (AvgIpc) is 2.69. The molecule has 0 aliphatic heterocycles. The maximum atomic E-state index is 6.50. The Balaban J connectivity index is 2.35. The largest absolute Gasteiger partial charge is 0.310 e. The van der Waals surface area contributed by atoms with E-state index in [1.54, 1.807) is 0 Å². The van der Waals surface area contributed by atoms with Crippen molar-refractivity contribution in [2.45, 2.75) is 40.2 Å². The van der Waals surface area contributed by atoms with Crippen molar-refractivity contribution < 1.29 is 0 Å².